The second-order valence-corrected chi connectivity index (χ2v) is 4.23. The minimum absolute atomic E-state index is 0.306. The molecule has 2 rings (SSSR count). The van der Waals surface area contributed by atoms with E-state index in [2.05, 4.69) is 10.3 Å². The van der Waals surface area contributed by atoms with E-state index in [9.17, 15) is 17.6 Å². The molecule has 0 fully saturated rings. The second-order valence-electron chi connectivity index (χ2n) is 4.23. The van der Waals surface area contributed by atoms with Crippen molar-refractivity contribution >= 4 is 17.1 Å². The predicted octanol–water partition coefficient (Wildman–Crippen LogP) is 3.45. The molecule has 1 N–H and O–H groups in total. The third-order valence-corrected chi connectivity index (χ3v) is 2.64. The van der Waals surface area contributed by atoms with Crippen LogP contribution < -0.4 is 10.2 Å². The minimum atomic E-state index is -1.70. The lowest BCUT2D eigenvalue weighted by Crippen LogP contribution is -2.12. The smallest absolute Gasteiger partial charge is 0.253 e. The Morgan fingerprint density at radius 2 is 1.50 bits per heavy atom. The molecule has 0 bridgehead atoms. The first-order valence-electron chi connectivity index (χ1n) is 5.65. The SMILES string of the molecule is CN(C)c1ccccc1Nc1c(F)c(F)nc(F)c1F. The van der Waals surface area contributed by atoms with Crippen LogP contribution in [0.25, 0.3) is 0 Å². The van der Waals surface area contributed by atoms with Gasteiger partial charge in [0, 0.05) is 14.1 Å². The zero-order valence-corrected chi connectivity index (χ0v) is 10.7. The number of pyridine rings is 1. The van der Waals surface area contributed by atoms with E-state index >= 15 is 0 Å². The summed E-state index contributed by atoms with van der Waals surface area (Å²) in [6.07, 6.45) is 0. The van der Waals surface area contributed by atoms with Crippen LogP contribution >= 0.6 is 0 Å². The molecular weight excluding hydrogens is 274 g/mol. The summed E-state index contributed by atoms with van der Waals surface area (Å²) in [5.41, 5.74) is -0.00599. The van der Waals surface area contributed by atoms with Crippen LogP contribution in [0.1, 0.15) is 0 Å². The summed E-state index contributed by atoms with van der Waals surface area (Å²) >= 11 is 0. The van der Waals surface area contributed by atoms with E-state index in [0.29, 0.717) is 11.4 Å². The first-order chi connectivity index (χ1) is 9.41. The number of hydrogen-bond acceptors (Lipinski definition) is 3. The van der Waals surface area contributed by atoms with Gasteiger partial charge in [-0.15, -0.1) is 0 Å². The molecule has 7 heteroatoms. The number of halogens is 4. The van der Waals surface area contributed by atoms with Gasteiger partial charge in [-0.2, -0.15) is 22.5 Å². The molecule has 0 amide bonds. The van der Waals surface area contributed by atoms with E-state index in [1.54, 1.807) is 37.2 Å². The third-order valence-electron chi connectivity index (χ3n) is 2.64. The minimum Gasteiger partial charge on any atom is -0.376 e. The topological polar surface area (TPSA) is 28.2 Å². The van der Waals surface area contributed by atoms with Crippen LogP contribution in [-0.2, 0) is 0 Å². The summed E-state index contributed by atoms with van der Waals surface area (Å²) in [5.74, 6) is -6.54. The van der Waals surface area contributed by atoms with Crippen LogP contribution in [0.2, 0.25) is 0 Å². The Bertz CT molecular complexity index is 618. The molecule has 1 aromatic heterocycles. The van der Waals surface area contributed by atoms with Gasteiger partial charge in [0.05, 0.1) is 11.4 Å². The van der Waals surface area contributed by atoms with Crippen molar-refractivity contribution in [2.75, 3.05) is 24.3 Å². The van der Waals surface area contributed by atoms with E-state index in [-0.39, 0.29) is 0 Å². The Hall–Kier alpha value is -2.31. The maximum atomic E-state index is 13.5. The van der Waals surface area contributed by atoms with Gasteiger partial charge < -0.3 is 10.2 Å². The third kappa shape index (κ3) is 2.52. The molecule has 0 atom stereocenters. The van der Waals surface area contributed by atoms with Gasteiger partial charge in [0.2, 0.25) is 11.6 Å². The molecule has 0 aliphatic carbocycles. The zero-order chi connectivity index (χ0) is 14.9. The normalized spacial score (nSPS) is 10.5. The average molecular weight is 285 g/mol. The molecule has 106 valence electrons. The Balaban J connectivity index is 2.51. The van der Waals surface area contributed by atoms with Crippen LogP contribution in [0.3, 0.4) is 0 Å². The van der Waals surface area contributed by atoms with Crippen LogP contribution in [-0.4, -0.2) is 19.1 Å². The first kappa shape index (κ1) is 14.1. The fraction of sp³-hybridized carbons (Fsp3) is 0.154. The highest BCUT2D eigenvalue weighted by atomic mass is 19.2. The Labute approximate surface area is 112 Å². The molecule has 1 aromatic carbocycles. The quantitative estimate of drug-likeness (QED) is 0.691. The number of rotatable bonds is 3. The lowest BCUT2D eigenvalue weighted by Gasteiger charge is -2.18. The van der Waals surface area contributed by atoms with Gasteiger partial charge in [-0.3, -0.25) is 0 Å². The standard InChI is InChI=1S/C13H11F4N3/c1-20(2)8-6-4-3-5-7(8)18-11-9(14)12(16)19-13(17)10(11)15/h3-6H,1-2H3,(H,18,19). The summed E-state index contributed by atoms with van der Waals surface area (Å²) in [7, 11) is 3.45. The summed E-state index contributed by atoms with van der Waals surface area (Å²) < 4.78 is 53.2. The van der Waals surface area contributed by atoms with Gasteiger partial charge in [-0.1, -0.05) is 12.1 Å². The van der Waals surface area contributed by atoms with E-state index in [1.165, 1.54) is 6.07 Å². The highest BCUT2D eigenvalue weighted by Gasteiger charge is 2.21. The number of nitrogens with zero attached hydrogens (tertiary/aromatic N) is 2. The van der Waals surface area contributed by atoms with Crippen LogP contribution in [0.5, 0.6) is 0 Å². The van der Waals surface area contributed by atoms with Crippen molar-refractivity contribution in [2.24, 2.45) is 0 Å². The van der Waals surface area contributed by atoms with Crippen molar-refractivity contribution < 1.29 is 17.6 Å². The molecule has 0 aliphatic heterocycles. The Kier molecular flexibility index (Phi) is 3.78. The highest BCUT2D eigenvalue weighted by Crippen LogP contribution is 2.30. The Morgan fingerprint density at radius 1 is 0.950 bits per heavy atom. The number of anilines is 3. The molecule has 0 spiro atoms. The van der Waals surface area contributed by atoms with Gasteiger partial charge >= 0.3 is 0 Å². The number of hydrogen-bond donors (Lipinski definition) is 1. The van der Waals surface area contributed by atoms with Gasteiger partial charge in [0.25, 0.3) is 11.9 Å². The van der Waals surface area contributed by atoms with E-state index in [1.807, 2.05) is 0 Å². The first-order valence-corrected chi connectivity index (χ1v) is 5.65. The molecule has 0 unspecified atom stereocenters. The lowest BCUT2D eigenvalue weighted by atomic mass is 10.2. The van der Waals surface area contributed by atoms with Crippen molar-refractivity contribution in [1.82, 2.24) is 4.98 Å². The Morgan fingerprint density at radius 3 is 2.05 bits per heavy atom. The largest absolute Gasteiger partial charge is 0.376 e. The fourth-order valence-corrected chi connectivity index (χ4v) is 1.70. The van der Waals surface area contributed by atoms with E-state index in [0.717, 1.165) is 0 Å². The van der Waals surface area contributed by atoms with Crippen molar-refractivity contribution in [1.29, 1.82) is 0 Å². The summed E-state index contributed by atoms with van der Waals surface area (Å²) in [6.45, 7) is 0. The fourth-order valence-electron chi connectivity index (χ4n) is 1.70. The predicted molar refractivity (Wildman–Crippen MR) is 68.1 cm³/mol. The van der Waals surface area contributed by atoms with Gasteiger partial charge in [-0.05, 0) is 12.1 Å². The summed E-state index contributed by atoms with van der Waals surface area (Å²) in [4.78, 5) is 4.19. The highest BCUT2D eigenvalue weighted by molar-refractivity contribution is 5.75. The number of nitrogens with one attached hydrogen (secondary N) is 1. The van der Waals surface area contributed by atoms with Crippen molar-refractivity contribution in [3.63, 3.8) is 0 Å². The number of aromatic nitrogens is 1. The zero-order valence-electron chi connectivity index (χ0n) is 10.7. The molecular formula is C13H11F4N3. The molecule has 20 heavy (non-hydrogen) atoms. The van der Waals surface area contributed by atoms with Crippen LogP contribution in [0.4, 0.5) is 34.6 Å². The van der Waals surface area contributed by atoms with Crippen LogP contribution in [0.15, 0.2) is 24.3 Å². The number of para-hydroxylation sites is 2. The molecule has 0 aliphatic rings. The second kappa shape index (κ2) is 5.36. The van der Waals surface area contributed by atoms with Crippen molar-refractivity contribution in [3.05, 3.63) is 47.8 Å². The van der Waals surface area contributed by atoms with Gasteiger partial charge in [0.15, 0.2) is 0 Å². The molecule has 0 radical (unpaired) electrons. The number of benzene rings is 1. The van der Waals surface area contributed by atoms with Crippen LogP contribution in [0, 0.1) is 23.5 Å². The van der Waals surface area contributed by atoms with Crippen molar-refractivity contribution in [2.45, 2.75) is 0 Å². The maximum Gasteiger partial charge on any atom is 0.253 e. The van der Waals surface area contributed by atoms with E-state index in [4.69, 9.17) is 0 Å². The molecule has 0 saturated carbocycles. The van der Waals surface area contributed by atoms with E-state index < -0.39 is 29.2 Å². The summed E-state index contributed by atoms with van der Waals surface area (Å²) in [5, 5.41) is 2.36. The molecule has 0 saturated heterocycles. The molecule has 2 aromatic rings. The monoisotopic (exact) mass is 285 g/mol. The van der Waals surface area contributed by atoms with Gasteiger partial charge in [0.1, 0.15) is 5.69 Å². The van der Waals surface area contributed by atoms with Gasteiger partial charge in [-0.25, -0.2) is 0 Å². The summed E-state index contributed by atoms with van der Waals surface area (Å²) in [6, 6.07) is 6.57. The maximum absolute atomic E-state index is 13.5. The van der Waals surface area contributed by atoms with Crippen molar-refractivity contribution in [3.8, 4) is 0 Å². The molecule has 1 heterocycles. The molecule has 3 nitrogen and oxygen atoms in total. The lowest BCUT2D eigenvalue weighted by molar-refractivity contribution is 0.411. The average Bonchev–Trinajstić information content (AvgIpc) is 2.41.